The van der Waals surface area contributed by atoms with Crippen molar-refractivity contribution >= 4 is 11.6 Å². The Morgan fingerprint density at radius 1 is 1.00 bits per heavy atom. The molecule has 1 aliphatic rings. The van der Waals surface area contributed by atoms with E-state index in [2.05, 4.69) is 50.4 Å². The number of nitrogens with two attached hydrogens (primary N) is 1. The summed E-state index contributed by atoms with van der Waals surface area (Å²) in [5, 5.41) is 3.11. The zero-order valence-corrected chi connectivity index (χ0v) is 16.7. The first-order chi connectivity index (χ1) is 13.7. The first-order valence-corrected chi connectivity index (χ1v) is 9.93. The van der Waals surface area contributed by atoms with Crippen LogP contribution >= 0.6 is 0 Å². The molecule has 0 unspecified atom stereocenters. The number of aliphatic imine (C=N–C) groups is 1. The first kappa shape index (κ1) is 20.2. The second-order valence-electron chi connectivity index (χ2n) is 7.05. The lowest BCUT2D eigenvalue weighted by Gasteiger charge is -2.34. The summed E-state index contributed by atoms with van der Waals surface area (Å²) in [6.07, 6.45) is 1.01. The van der Waals surface area contributed by atoms with Gasteiger partial charge in [0.2, 0.25) is 0 Å². The minimum atomic E-state index is 0.428. The van der Waals surface area contributed by atoms with Gasteiger partial charge < -0.3 is 20.7 Å². The molecule has 0 spiro atoms. The van der Waals surface area contributed by atoms with Gasteiger partial charge in [0.1, 0.15) is 5.75 Å². The predicted molar refractivity (Wildman–Crippen MR) is 116 cm³/mol. The number of benzene rings is 2. The van der Waals surface area contributed by atoms with Crippen molar-refractivity contribution in [1.82, 2.24) is 9.80 Å². The van der Waals surface area contributed by atoms with Crippen molar-refractivity contribution in [3.05, 3.63) is 60.2 Å². The van der Waals surface area contributed by atoms with Crippen molar-refractivity contribution < 1.29 is 4.74 Å². The largest absolute Gasteiger partial charge is 0.495 e. The normalized spacial score (nSPS) is 16.1. The van der Waals surface area contributed by atoms with Crippen molar-refractivity contribution in [2.75, 3.05) is 51.7 Å². The van der Waals surface area contributed by atoms with Crippen LogP contribution in [0, 0.1) is 0 Å². The van der Waals surface area contributed by atoms with Crippen molar-refractivity contribution in [3.63, 3.8) is 0 Å². The van der Waals surface area contributed by atoms with E-state index in [1.165, 1.54) is 5.56 Å². The summed E-state index contributed by atoms with van der Waals surface area (Å²) in [6, 6.07) is 18.4. The Labute approximate surface area is 168 Å². The van der Waals surface area contributed by atoms with Crippen LogP contribution in [0.2, 0.25) is 0 Å². The maximum atomic E-state index is 6.00. The molecule has 3 rings (SSSR count). The van der Waals surface area contributed by atoms with Gasteiger partial charge in [-0.15, -0.1) is 0 Å². The second-order valence-corrected chi connectivity index (χ2v) is 7.05. The van der Waals surface area contributed by atoms with E-state index in [9.17, 15) is 0 Å². The maximum Gasteiger partial charge on any atom is 0.193 e. The molecule has 1 aliphatic heterocycles. The molecule has 0 amide bonds. The summed E-state index contributed by atoms with van der Waals surface area (Å²) in [4.78, 5) is 9.48. The van der Waals surface area contributed by atoms with Crippen molar-refractivity contribution in [2.45, 2.75) is 13.0 Å². The summed E-state index contributed by atoms with van der Waals surface area (Å²) >= 11 is 0. The Balaban J connectivity index is 1.34. The zero-order valence-electron chi connectivity index (χ0n) is 16.7. The van der Waals surface area contributed by atoms with Crippen LogP contribution < -0.4 is 15.8 Å². The Kier molecular flexibility index (Phi) is 7.70. The number of methoxy groups -OCH3 is 1. The lowest BCUT2D eigenvalue weighted by molar-refractivity contribution is 0.127. The number of piperazine rings is 1. The standard InChI is InChI=1S/C22H31N5O/c1-28-21-11-6-5-10-20(21)25-22(23)24-12-7-13-26-14-16-27(17-15-26)18-19-8-3-2-4-9-19/h2-6,8-11H,7,12-18H2,1H3,(H3,23,24,25). The van der Waals surface area contributed by atoms with Crippen LogP contribution in [-0.4, -0.2) is 62.1 Å². The molecule has 0 atom stereocenters. The molecular weight excluding hydrogens is 350 g/mol. The van der Waals surface area contributed by atoms with E-state index in [4.69, 9.17) is 10.5 Å². The molecule has 0 aliphatic carbocycles. The van der Waals surface area contributed by atoms with E-state index < -0.39 is 0 Å². The van der Waals surface area contributed by atoms with Crippen molar-refractivity contribution in [2.24, 2.45) is 10.7 Å². The number of rotatable bonds is 8. The Bertz CT molecular complexity index is 742. The highest BCUT2D eigenvalue weighted by Crippen LogP contribution is 2.22. The minimum Gasteiger partial charge on any atom is -0.495 e. The molecule has 0 radical (unpaired) electrons. The highest BCUT2D eigenvalue weighted by molar-refractivity contribution is 5.93. The van der Waals surface area contributed by atoms with E-state index in [1.54, 1.807) is 7.11 Å². The predicted octanol–water partition coefficient (Wildman–Crippen LogP) is 2.63. The van der Waals surface area contributed by atoms with E-state index in [-0.39, 0.29) is 0 Å². The van der Waals surface area contributed by atoms with Gasteiger partial charge in [0.15, 0.2) is 5.96 Å². The molecule has 1 saturated heterocycles. The van der Waals surface area contributed by atoms with Gasteiger partial charge in [0.05, 0.1) is 12.8 Å². The van der Waals surface area contributed by atoms with E-state index in [0.717, 1.165) is 63.7 Å². The molecule has 1 heterocycles. The first-order valence-electron chi connectivity index (χ1n) is 9.93. The number of hydrogen-bond acceptors (Lipinski definition) is 4. The SMILES string of the molecule is COc1ccccc1NC(N)=NCCCN1CCN(Cc2ccccc2)CC1. The number of hydrogen-bond donors (Lipinski definition) is 2. The third kappa shape index (κ3) is 6.25. The highest BCUT2D eigenvalue weighted by atomic mass is 16.5. The summed E-state index contributed by atoms with van der Waals surface area (Å²) in [6.45, 7) is 7.30. The fourth-order valence-electron chi connectivity index (χ4n) is 3.43. The van der Waals surface area contributed by atoms with Gasteiger partial charge in [-0.05, 0) is 24.1 Å². The van der Waals surface area contributed by atoms with Gasteiger partial charge in [0.25, 0.3) is 0 Å². The monoisotopic (exact) mass is 381 g/mol. The van der Waals surface area contributed by atoms with Crippen LogP contribution in [0.15, 0.2) is 59.6 Å². The molecular formula is C22H31N5O. The number of ether oxygens (including phenoxy) is 1. The van der Waals surface area contributed by atoms with Gasteiger partial charge >= 0.3 is 0 Å². The van der Waals surface area contributed by atoms with Crippen LogP contribution in [0.4, 0.5) is 5.69 Å². The molecule has 0 saturated carbocycles. The molecule has 150 valence electrons. The van der Waals surface area contributed by atoms with Crippen molar-refractivity contribution in [1.29, 1.82) is 0 Å². The Morgan fingerprint density at radius 3 is 2.43 bits per heavy atom. The fourth-order valence-corrected chi connectivity index (χ4v) is 3.43. The number of nitrogens with one attached hydrogen (secondary N) is 1. The third-order valence-electron chi connectivity index (χ3n) is 5.00. The van der Waals surface area contributed by atoms with E-state index in [0.29, 0.717) is 5.96 Å². The summed E-state index contributed by atoms with van der Waals surface area (Å²) in [7, 11) is 1.65. The second kappa shape index (κ2) is 10.7. The van der Waals surface area contributed by atoms with Crippen LogP contribution in [0.25, 0.3) is 0 Å². The van der Waals surface area contributed by atoms with Crippen LogP contribution in [0.5, 0.6) is 5.75 Å². The van der Waals surface area contributed by atoms with Gasteiger partial charge in [-0.2, -0.15) is 0 Å². The lowest BCUT2D eigenvalue weighted by atomic mass is 10.2. The Morgan fingerprint density at radius 2 is 1.68 bits per heavy atom. The van der Waals surface area contributed by atoms with Crippen molar-refractivity contribution in [3.8, 4) is 5.75 Å². The summed E-state index contributed by atoms with van der Waals surface area (Å²) in [5.41, 5.74) is 8.23. The molecule has 0 aromatic heterocycles. The van der Waals surface area contributed by atoms with Gasteiger partial charge in [-0.3, -0.25) is 9.89 Å². The van der Waals surface area contributed by atoms with Gasteiger partial charge in [0, 0.05) is 45.8 Å². The van der Waals surface area contributed by atoms with Crippen LogP contribution in [0.1, 0.15) is 12.0 Å². The maximum absolute atomic E-state index is 6.00. The Hall–Kier alpha value is -2.57. The summed E-state index contributed by atoms with van der Waals surface area (Å²) < 4.78 is 5.31. The third-order valence-corrected chi connectivity index (χ3v) is 5.00. The zero-order chi connectivity index (χ0) is 19.6. The molecule has 2 aromatic rings. The van der Waals surface area contributed by atoms with E-state index in [1.807, 2.05) is 24.3 Å². The molecule has 2 aromatic carbocycles. The quantitative estimate of drug-likeness (QED) is 0.418. The highest BCUT2D eigenvalue weighted by Gasteiger charge is 2.16. The van der Waals surface area contributed by atoms with E-state index >= 15 is 0 Å². The average molecular weight is 382 g/mol. The number of nitrogens with zero attached hydrogens (tertiary/aromatic N) is 3. The topological polar surface area (TPSA) is 66.1 Å². The molecule has 6 nitrogen and oxygen atoms in total. The lowest BCUT2D eigenvalue weighted by Crippen LogP contribution is -2.46. The van der Waals surface area contributed by atoms with Gasteiger partial charge in [-0.1, -0.05) is 42.5 Å². The number of anilines is 1. The average Bonchev–Trinajstić information content (AvgIpc) is 2.73. The number of guanidine groups is 1. The fraction of sp³-hybridized carbons (Fsp3) is 0.409. The van der Waals surface area contributed by atoms with Crippen LogP contribution in [-0.2, 0) is 6.54 Å². The smallest absolute Gasteiger partial charge is 0.193 e. The molecule has 0 bridgehead atoms. The number of para-hydroxylation sites is 2. The summed E-state index contributed by atoms with van der Waals surface area (Å²) in [5.74, 6) is 1.19. The van der Waals surface area contributed by atoms with Gasteiger partial charge in [-0.25, -0.2) is 0 Å². The minimum absolute atomic E-state index is 0.428. The van der Waals surface area contributed by atoms with Crippen LogP contribution in [0.3, 0.4) is 0 Å². The molecule has 28 heavy (non-hydrogen) atoms. The molecule has 6 heteroatoms. The molecule has 1 fully saturated rings. The molecule has 3 N–H and O–H groups in total.